The summed E-state index contributed by atoms with van der Waals surface area (Å²) in [5.74, 6) is 0. The standard InChI is InChI=1S/C15H21N3O/c1-13-3-4-14(12-16)15(11-13)18-6-2-5-17(7-8-18)9-10-19/h3-4,11,19H,2,5-10H2,1H3. The van der Waals surface area contributed by atoms with Gasteiger partial charge in [0.15, 0.2) is 0 Å². The molecule has 1 fully saturated rings. The first-order valence-electron chi connectivity index (χ1n) is 6.83. The van der Waals surface area contributed by atoms with Crippen LogP contribution in [-0.2, 0) is 0 Å². The Hall–Kier alpha value is -1.57. The lowest BCUT2D eigenvalue weighted by atomic mass is 10.1. The fourth-order valence-corrected chi connectivity index (χ4v) is 2.57. The molecular weight excluding hydrogens is 238 g/mol. The molecule has 19 heavy (non-hydrogen) atoms. The fraction of sp³-hybridized carbons (Fsp3) is 0.533. The van der Waals surface area contributed by atoms with Crippen LogP contribution in [0.25, 0.3) is 0 Å². The number of hydrogen-bond donors (Lipinski definition) is 1. The van der Waals surface area contributed by atoms with E-state index in [9.17, 15) is 5.26 Å². The van der Waals surface area contributed by atoms with Gasteiger partial charge in [0.2, 0.25) is 0 Å². The van der Waals surface area contributed by atoms with E-state index in [0.717, 1.165) is 50.4 Å². The Morgan fingerprint density at radius 1 is 1.26 bits per heavy atom. The average molecular weight is 259 g/mol. The van der Waals surface area contributed by atoms with Gasteiger partial charge in [-0.2, -0.15) is 5.26 Å². The summed E-state index contributed by atoms with van der Waals surface area (Å²) >= 11 is 0. The third-order valence-electron chi connectivity index (χ3n) is 3.62. The summed E-state index contributed by atoms with van der Waals surface area (Å²) in [6.45, 7) is 6.86. The highest BCUT2D eigenvalue weighted by molar-refractivity contribution is 5.60. The van der Waals surface area contributed by atoms with E-state index in [1.807, 2.05) is 12.1 Å². The first-order valence-corrected chi connectivity index (χ1v) is 6.83. The zero-order valence-corrected chi connectivity index (χ0v) is 11.5. The van der Waals surface area contributed by atoms with Gasteiger partial charge in [0, 0.05) is 26.2 Å². The predicted octanol–water partition coefficient (Wildman–Crippen LogP) is 1.37. The lowest BCUT2D eigenvalue weighted by Gasteiger charge is -2.24. The van der Waals surface area contributed by atoms with Crippen LogP contribution in [-0.4, -0.2) is 49.3 Å². The number of aliphatic hydroxyl groups is 1. The number of rotatable bonds is 3. The molecule has 0 aromatic heterocycles. The van der Waals surface area contributed by atoms with Crippen LogP contribution in [0.5, 0.6) is 0 Å². The van der Waals surface area contributed by atoms with Gasteiger partial charge in [-0.15, -0.1) is 0 Å². The molecule has 0 atom stereocenters. The van der Waals surface area contributed by atoms with Crippen LogP contribution < -0.4 is 4.90 Å². The van der Waals surface area contributed by atoms with Crippen molar-refractivity contribution in [3.63, 3.8) is 0 Å². The first-order chi connectivity index (χ1) is 9.24. The van der Waals surface area contributed by atoms with Crippen molar-refractivity contribution in [2.24, 2.45) is 0 Å². The molecule has 0 unspecified atom stereocenters. The second kappa shape index (κ2) is 6.55. The van der Waals surface area contributed by atoms with Gasteiger partial charge in [0.25, 0.3) is 0 Å². The summed E-state index contributed by atoms with van der Waals surface area (Å²) < 4.78 is 0. The van der Waals surface area contributed by atoms with Crippen LogP contribution in [0.3, 0.4) is 0 Å². The van der Waals surface area contributed by atoms with E-state index in [-0.39, 0.29) is 6.61 Å². The van der Waals surface area contributed by atoms with E-state index >= 15 is 0 Å². The van der Waals surface area contributed by atoms with Crippen molar-refractivity contribution in [3.8, 4) is 6.07 Å². The molecule has 4 nitrogen and oxygen atoms in total. The molecular formula is C15H21N3O. The van der Waals surface area contributed by atoms with Crippen LogP contribution in [0, 0.1) is 18.3 Å². The molecule has 1 aromatic carbocycles. The highest BCUT2D eigenvalue weighted by Gasteiger charge is 2.17. The van der Waals surface area contributed by atoms with Crippen LogP contribution in [0.4, 0.5) is 5.69 Å². The molecule has 0 aliphatic carbocycles. The molecule has 4 heteroatoms. The summed E-state index contributed by atoms with van der Waals surface area (Å²) in [5, 5.41) is 18.2. The van der Waals surface area contributed by atoms with Gasteiger partial charge < -0.3 is 10.0 Å². The monoisotopic (exact) mass is 259 g/mol. The number of nitriles is 1. The minimum absolute atomic E-state index is 0.216. The summed E-state index contributed by atoms with van der Waals surface area (Å²) in [4.78, 5) is 4.57. The van der Waals surface area contributed by atoms with Gasteiger partial charge in [-0.3, -0.25) is 4.90 Å². The zero-order chi connectivity index (χ0) is 13.7. The molecule has 1 aliphatic heterocycles. The Labute approximate surface area is 114 Å². The zero-order valence-electron chi connectivity index (χ0n) is 11.5. The highest BCUT2D eigenvalue weighted by Crippen LogP contribution is 2.23. The Balaban J connectivity index is 2.14. The van der Waals surface area contributed by atoms with Gasteiger partial charge in [-0.25, -0.2) is 0 Å². The number of β-amino-alcohol motifs (C(OH)–C–C–N with tert-alkyl or cyclic N) is 1. The topological polar surface area (TPSA) is 50.5 Å². The summed E-state index contributed by atoms with van der Waals surface area (Å²) in [6, 6.07) is 8.27. The second-order valence-corrected chi connectivity index (χ2v) is 5.04. The third-order valence-corrected chi connectivity index (χ3v) is 3.62. The van der Waals surface area contributed by atoms with Crippen molar-refractivity contribution in [1.82, 2.24) is 4.90 Å². The smallest absolute Gasteiger partial charge is 0.101 e. The molecule has 0 saturated carbocycles. The van der Waals surface area contributed by atoms with Gasteiger partial charge in [0.1, 0.15) is 6.07 Å². The summed E-state index contributed by atoms with van der Waals surface area (Å²) in [6.07, 6.45) is 1.07. The van der Waals surface area contributed by atoms with E-state index in [2.05, 4.69) is 28.9 Å². The Kier molecular flexibility index (Phi) is 4.78. The molecule has 1 N–H and O–H groups in total. The SMILES string of the molecule is Cc1ccc(C#N)c(N2CCCN(CCO)CC2)c1. The third kappa shape index (κ3) is 3.46. The van der Waals surface area contributed by atoms with Crippen LogP contribution in [0.1, 0.15) is 17.5 Å². The minimum atomic E-state index is 0.216. The van der Waals surface area contributed by atoms with Crippen molar-refractivity contribution in [1.29, 1.82) is 5.26 Å². The fourth-order valence-electron chi connectivity index (χ4n) is 2.57. The van der Waals surface area contributed by atoms with Gasteiger partial charge in [-0.1, -0.05) is 6.07 Å². The van der Waals surface area contributed by atoms with Crippen LogP contribution in [0.15, 0.2) is 18.2 Å². The van der Waals surface area contributed by atoms with Crippen molar-refractivity contribution >= 4 is 5.69 Å². The molecule has 1 saturated heterocycles. The van der Waals surface area contributed by atoms with Gasteiger partial charge >= 0.3 is 0 Å². The number of aryl methyl sites for hydroxylation is 1. The Morgan fingerprint density at radius 2 is 2.11 bits per heavy atom. The molecule has 0 bridgehead atoms. The number of benzene rings is 1. The molecule has 0 spiro atoms. The second-order valence-electron chi connectivity index (χ2n) is 5.04. The first kappa shape index (κ1) is 13.9. The van der Waals surface area contributed by atoms with Gasteiger partial charge in [0.05, 0.1) is 17.9 Å². The minimum Gasteiger partial charge on any atom is -0.395 e. The lowest BCUT2D eigenvalue weighted by molar-refractivity contribution is 0.204. The van der Waals surface area contributed by atoms with Crippen molar-refractivity contribution in [3.05, 3.63) is 29.3 Å². The maximum atomic E-state index is 9.23. The van der Waals surface area contributed by atoms with E-state index in [0.29, 0.717) is 0 Å². The van der Waals surface area contributed by atoms with Crippen molar-refractivity contribution < 1.29 is 5.11 Å². The van der Waals surface area contributed by atoms with E-state index < -0.39 is 0 Å². The normalized spacial score (nSPS) is 17.0. The van der Waals surface area contributed by atoms with Crippen LogP contribution >= 0.6 is 0 Å². The molecule has 0 radical (unpaired) electrons. The summed E-state index contributed by atoms with van der Waals surface area (Å²) in [5.41, 5.74) is 2.99. The number of hydrogen-bond acceptors (Lipinski definition) is 4. The van der Waals surface area contributed by atoms with Crippen molar-refractivity contribution in [2.75, 3.05) is 44.2 Å². The quantitative estimate of drug-likeness (QED) is 0.891. The molecule has 2 rings (SSSR count). The average Bonchev–Trinajstić information content (AvgIpc) is 2.65. The van der Waals surface area contributed by atoms with Crippen LogP contribution in [0.2, 0.25) is 0 Å². The predicted molar refractivity (Wildman–Crippen MR) is 76.2 cm³/mol. The molecule has 1 aliphatic rings. The molecule has 0 amide bonds. The van der Waals surface area contributed by atoms with E-state index in [1.54, 1.807) is 0 Å². The highest BCUT2D eigenvalue weighted by atomic mass is 16.3. The number of anilines is 1. The molecule has 1 aromatic rings. The van der Waals surface area contributed by atoms with E-state index in [4.69, 9.17) is 5.11 Å². The lowest BCUT2D eigenvalue weighted by Crippen LogP contribution is -2.32. The Morgan fingerprint density at radius 3 is 2.84 bits per heavy atom. The van der Waals surface area contributed by atoms with Crippen molar-refractivity contribution in [2.45, 2.75) is 13.3 Å². The number of nitrogens with zero attached hydrogens (tertiary/aromatic N) is 3. The van der Waals surface area contributed by atoms with E-state index in [1.165, 1.54) is 5.56 Å². The molecule has 102 valence electrons. The maximum absolute atomic E-state index is 9.23. The maximum Gasteiger partial charge on any atom is 0.101 e. The van der Waals surface area contributed by atoms with Gasteiger partial charge in [-0.05, 0) is 37.6 Å². The Bertz CT molecular complexity index is 467. The number of aliphatic hydroxyl groups excluding tert-OH is 1. The largest absolute Gasteiger partial charge is 0.395 e. The molecule has 1 heterocycles. The summed E-state index contributed by atoms with van der Waals surface area (Å²) in [7, 11) is 0.